The SMILES string of the molecule is O=C(CN1CN(c2ccccc2)C2(CCN(C(=O)C(Cc3ccc(Cl)cc3)NC(=O)CNCCO)CC2)C1=O)NC1CCCCC1. The predicted octanol–water partition coefficient (Wildman–Crippen LogP) is 2.07. The van der Waals surface area contributed by atoms with Gasteiger partial charge in [-0.25, -0.2) is 0 Å². The van der Waals surface area contributed by atoms with Crippen LogP contribution in [0.25, 0.3) is 0 Å². The van der Waals surface area contributed by atoms with Crippen LogP contribution in [0.4, 0.5) is 5.69 Å². The molecular formula is C34H45ClN6O5. The molecule has 2 saturated heterocycles. The van der Waals surface area contributed by atoms with Gasteiger partial charge in [0, 0.05) is 42.8 Å². The van der Waals surface area contributed by atoms with Gasteiger partial charge in [0.25, 0.3) is 5.91 Å². The van der Waals surface area contributed by atoms with Gasteiger partial charge >= 0.3 is 0 Å². The van der Waals surface area contributed by atoms with Gasteiger partial charge in [0.1, 0.15) is 18.1 Å². The molecule has 1 atom stereocenters. The van der Waals surface area contributed by atoms with Crippen molar-refractivity contribution in [1.82, 2.24) is 25.8 Å². The van der Waals surface area contributed by atoms with Gasteiger partial charge in [0.05, 0.1) is 19.8 Å². The molecule has 0 radical (unpaired) electrons. The van der Waals surface area contributed by atoms with Crippen molar-refractivity contribution >= 4 is 40.9 Å². The highest BCUT2D eigenvalue weighted by atomic mass is 35.5. The number of carbonyl (C=O) groups excluding carboxylic acids is 4. The third-order valence-corrected chi connectivity index (χ3v) is 9.60. The minimum absolute atomic E-state index is 0.00256. The maximum absolute atomic E-state index is 14.2. The van der Waals surface area contributed by atoms with Crippen LogP contribution in [0.3, 0.4) is 0 Å². The normalized spacial score (nSPS) is 18.9. The average Bonchev–Trinajstić information content (AvgIpc) is 3.32. The predicted molar refractivity (Wildman–Crippen MR) is 176 cm³/mol. The molecule has 11 nitrogen and oxygen atoms in total. The molecule has 4 N–H and O–H groups in total. The van der Waals surface area contributed by atoms with Crippen LogP contribution in [0.2, 0.25) is 5.02 Å². The van der Waals surface area contributed by atoms with Crippen molar-refractivity contribution in [2.45, 2.75) is 69.0 Å². The first-order valence-electron chi connectivity index (χ1n) is 16.3. The lowest BCUT2D eigenvalue weighted by Crippen LogP contribution is -2.60. The van der Waals surface area contributed by atoms with Gasteiger partial charge in [-0.3, -0.25) is 19.2 Å². The maximum atomic E-state index is 14.2. The van der Waals surface area contributed by atoms with Crippen LogP contribution in [0.15, 0.2) is 54.6 Å². The number of para-hydroxylation sites is 1. The van der Waals surface area contributed by atoms with Crippen molar-refractivity contribution in [2.75, 3.05) is 50.9 Å². The minimum atomic E-state index is -0.883. The van der Waals surface area contributed by atoms with Crippen molar-refractivity contribution in [2.24, 2.45) is 0 Å². The number of likely N-dealkylation sites (tertiary alicyclic amines) is 1. The molecule has 0 aromatic heterocycles. The monoisotopic (exact) mass is 652 g/mol. The lowest BCUT2D eigenvalue weighted by molar-refractivity contribution is -0.141. The highest BCUT2D eigenvalue weighted by molar-refractivity contribution is 6.30. The number of carbonyl (C=O) groups is 4. The number of benzene rings is 2. The number of rotatable bonds is 12. The highest BCUT2D eigenvalue weighted by Crippen LogP contribution is 2.39. The first kappa shape index (κ1) is 33.7. The van der Waals surface area contributed by atoms with E-state index in [0.29, 0.717) is 37.6 Å². The Bertz CT molecular complexity index is 1350. The van der Waals surface area contributed by atoms with E-state index in [2.05, 4.69) is 20.9 Å². The van der Waals surface area contributed by atoms with Gasteiger partial charge in [-0.2, -0.15) is 0 Å². The van der Waals surface area contributed by atoms with Crippen LogP contribution < -0.4 is 20.9 Å². The van der Waals surface area contributed by atoms with E-state index in [1.54, 1.807) is 21.9 Å². The zero-order valence-electron chi connectivity index (χ0n) is 26.3. The summed E-state index contributed by atoms with van der Waals surface area (Å²) >= 11 is 6.07. The van der Waals surface area contributed by atoms with Crippen LogP contribution in [-0.4, -0.2) is 102 Å². The first-order valence-corrected chi connectivity index (χ1v) is 16.7. The molecule has 1 saturated carbocycles. The molecule has 3 fully saturated rings. The third kappa shape index (κ3) is 8.18. The third-order valence-electron chi connectivity index (χ3n) is 9.35. The Kier molecular flexibility index (Phi) is 11.5. The van der Waals surface area contributed by atoms with Crippen molar-refractivity contribution in [3.8, 4) is 0 Å². The smallest absolute Gasteiger partial charge is 0.250 e. The topological polar surface area (TPSA) is 134 Å². The minimum Gasteiger partial charge on any atom is -0.395 e. The number of nitrogens with one attached hydrogen (secondary N) is 3. The summed E-state index contributed by atoms with van der Waals surface area (Å²) in [6.07, 6.45) is 6.44. The number of nitrogens with zero attached hydrogens (tertiary/aromatic N) is 3. The van der Waals surface area contributed by atoms with Gasteiger partial charge < -0.3 is 35.8 Å². The van der Waals surface area contributed by atoms with Gasteiger partial charge in [0.15, 0.2) is 0 Å². The first-order chi connectivity index (χ1) is 22.3. The van der Waals surface area contributed by atoms with Crippen LogP contribution in [0, 0.1) is 0 Å². The Balaban J connectivity index is 1.29. The second-order valence-corrected chi connectivity index (χ2v) is 13.0. The summed E-state index contributed by atoms with van der Waals surface area (Å²) in [5.74, 6) is -0.797. The average molecular weight is 653 g/mol. The van der Waals surface area contributed by atoms with Crippen LogP contribution in [-0.2, 0) is 25.6 Å². The van der Waals surface area contributed by atoms with Crippen molar-refractivity contribution < 1.29 is 24.3 Å². The van der Waals surface area contributed by atoms with Gasteiger partial charge in [-0.05, 0) is 55.5 Å². The molecule has 0 bridgehead atoms. The maximum Gasteiger partial charge on any atom is 0.250 e. The van der Waals surface area contributed by atoms with Gasteiger partial charge in [0.2, 0.25) is 17.7 Å². The summed E-state index contributed by atoms with van der Waals surface area (Å²) in [6, 6.07) is 16.3. The quantitative estimate of drug-likeness (QED) is 0.258. The molecule has 3 aliphatic rings. The standard InChI is InChI=1S/C34H45ClN6O5/c35-26-13-11-25(12-14-26)21-29(38-30(43)22-36-17-20-42)32(45)39-18-15-34(16-19-39)33(46)40(24-41(34)28-9-5-2-6-10-28)23-31(44)37-27-7-3-1-4-8-27/h2,5-6,9-14,27,29,36,42H,1,3-4,7-8,15-24H2,(H,37,44)(H,38,43). The van der Waals surface area contributed by atoms with E-state index in [-0.39, 0.29) is 62.3 Å². The van der Waals surface area contributed by atoms with Crippen molar-refractivity contribution in [3.63, 3.8) is 0 Å². The number of amides is 4. The van der Waals surface area contributed by atoms with E-state index in [4.69, 9.17) is 16.7 Å². The summed E-state index contributed by atoms with van der Waals surface area (Å²) in [5, 5.41) is 18.5. The molecular weight excluding hydrogens is 608 g/mol. The van der Waals surface area contributed by atoms with E-state index >= 15 is 0 Å². The second-order valence-electron chi connectivity index (χ2n) is 12.5. The Hall–Kier alpha value is -3.67. The molecule has 4 amide bonds. The largest absolute Gasteiger partial charge is 0.395 e. The number of halogens is 1. The summed E-state index contributed by atoms with van der Waals surface area (Å²) in [4.78, 5) is 59.3. The number of hydrogen-bond acceptors (Lipinski definition) is 7. The van der Waals surface area contributed by atoms with Crippen molar-refractivity contribution in [1.29, 1.82) is 0 Å². The Morgan fingerprint density at radius 3 is 2.33 bits per heavy atom. The number of aliphatic hydroxyl groups is 1. The molecule has 2 heterocycles. The fraction of sp³-hybridized carbons (Fsp3) is 0.529. The van der Waals surface area contributed by atoms with E-state index in [1.807, 2.05) is 42.5 Å². The van der Waals surface area contributed by atoms with Crippen LogP contribution >= 0.6 is 11.6 Å². The molecule has 1 aliphatic carbocycles. The molecule has 2 aliphatic heterocycles. The Morgan fingerprint density at radius 1 is 0.957 bits per heavy atom. The Labute approximate surface area is 275 Å². The summed E-state index contributed by atoms with van der Waals surface area (Å²) in [7, 11) is 0. The molecule has 1 unspecified atom stereocenters. The zero-order valence-corrected chi connectivity index (χ0v) is 27.0. The summed E-state index contributed by atoms with van der Waals surface area (Å²) in [5.41, 5.74) is 0.865. The van der Waals surface area contributed by atoms with E-state index in [9.17, 15) is 19.2 Å². The highest BCUT2D eigenvalue weighted by Gasteiger charge is 2.54. The molecule has 12 heteroatoms. The van der Waals surface area contributed by atoms with E-state index in [1.165, 1.54) is 6.42 Å². The van der Waals surface area contributed by atoms with Crippen LogP contribution in [0.1, 0.15) is 50.5 Å². The lowest BCUT2D eigenvalue weighted by Gasteiger charge is -2.44. The number of anilines is 1. The molecule has 2 aromatic carbocycles. The van der Waals surface area contributed by atoms with Crippen molar-refractivity contribution in [3.05, 3.63) is 65.2 Å². The molecule has 5 rings (SSSR count). The summed E-state index contributed by atoms with van der Waals surface area (Å²) < 4.78 is 0. The fourth-order valence-electron chi connectivity index (χ4n) is 6.92. The second kappa shape index (κ2) is 15.8. The fourth-order valence-corrected chi connectivity index (χ4v) is 7.04. The zero-order chi connectivity index (χ0) is 32.5. The molecule has 1 spiro atoms. The molecule has 2 aromatic rings. The number of hydrogen-bond donors (Lipinski definition) is 4. The number of piperidine rings is 1. The van der Waals surface area contributed by atoms with Gasteiger partial charge in [-0.1, -0.05) is 61.2 Å². The van der Waals surface area contributed by atoms with Gasteiger partial charge in [-0.15, -0.1) is 0 Å². The van der Waals surface area contributed by atoms with E-state index < -0.39 is 11.6 Å². The molecule has 46 heavy (non-hydrogen) atoms. The Morgan fingerprint density at radius 2 is 1.65 bits per heavy atom. The van der Waals surface area contributed by atoms with Crippen LogP contribution in [0.5, 0.6) is 0 Å². The molecule has 248 valence electrons. The lowest BCUT2D eigenvalue weighted by atomic mass is 9.85. The number of aliphatic hydroxyl groups excluding tert-OH is 1. The van der Waals surface area contributed by atoms with E-state index in [0.717, 1.165) is 36.9 Å². The summed E-state index contributed by atoms with van der Waals surface area (Å²) in [6.45, 7) is 1.09.